The minimum Gasteiger partial charge on any atom is -0.409 e. The number of nitrogens with two attached hydrogens (primary N) is 1. The number of nitrogens with zero attached hydrogens (tertiary/aromatic N) is 1. The zero-order valence-corrected chi connectivity index (χ0v) is 11.9. The van der Waals surface area contributed by atoms with Crippen molar-refractivity contribution in [1.82, 2.24) is 4.72 Å². The average molecular weight is 297 g/mol. The van der Waals surface area contributed by atoms with E-state index >= 15 is 0 Å². The van der Waals surface area contributed by atoms with Gasteiger partial charge in [-0.1, -0.05) is 48.3 Å². The Labute approximate surface area is 118 Å². The fourth-order valence-electron chi connectivity index (χ4n) is 2.61. The maximum absolute atomic E-state index is 12.3. The van der Waals surface area contributed by atoms with Gasteiger partial charge < -0.3 is 10.9 Å². The highest BCUT2D eigenvalue weighted by Gasteiger charge is 2.41. The summed E-state index contributed by atoms with van der Waals surface area (Å²) in [7, 11) is -3.55. The molecule has 1 aromatic carbocycles. The van der Waals surface area contributed by atoms with E-state index in [-0.39, 0.29) is 11.6 Å². The van der Waals surface area contributed by atoms with Crippen LogP contribution >= 0.6 is 0 Å². The molecule has 0 spiro atoms. The van der Waals surface area contributed by atoms with E-state index in [4.69, 9.17) is 10.9 Å². The Bertz CT molecular complexity index is 578. The second-order valence-electron chi connectivity index (χ2n) is 5.12. The molecule has 1 fully saturated rings. The summed E-state index contributed by atoms with van der Waals surface area (Å²) < 4.78 is 27.2. The van der Waals surface area contributed by atoms with Gasteiger partial charge in [-0.2, -0.15) is 0 Å². The van der Waals surface area contributed by atoms with Crippen LogP contribution < -0.4 is 10.5 Å². The van der Waals surface area contributed by atoms with Gasteiger partial charge in [-0.25, -0.2) is 13.1 Å². The van der Waals surface area contributed by atoms with Crippen LogP contribution in [0.4, 0.5) is 0 Å². The first-order valence-electron chi connectivity index (χ1n) is 6.51. The number of hydrogen-bond donors (Lipinski definition) is 3. The smallest absolute Gasteiger partial charge is 0.216 e. The molecule has 7 heteroatoms. The molecule has 2 rings (SSSR count). The van der Waals surface area contributed by atoms with Crippen molar-refractivity contribution >= 4 is 15.9 Å². The molecule has 0 unspecified atom stereocenters. The number of amidine groups is 1. The quantitative estimate of drug-likeness (QED) is 0.328. The normalized spacial score (nSPS) is 19.1. The van der Waals surface area contributed by atoms with E-state index in [0.717, 1.165) is 12.8 Å². The molecular formula is C13H19N3O3S. The minimum atomic E-state index is -3.55. The summed E-state index contributed by atoms with van der Waals surface area (Å²) in [5.74, 6) is -0.180. The molecule has 1 aliphatic rings. The zero-order chi connectivity index (χ0) is 14.6. The highest BCUT2D eigenvalue weighted by atomic mass is 32.2. The predicted octanol–water partition coefficient (Wildman–Crippen LogP) is 1.17. The topological polar surface area (TPSA) is 105 Å². The van der Waals surface area contributed by atoms with Gasteiger partial charge in [0, 0.05) is 0 Å². The standard InChI is InChI=1S/C13H19N3O3S/c14-12(15-17)13(8-4-5-9-13)16-20(18,19)10-11-6-2-1-3-7-11/h1-3,6-7,16-17H,4-5,8-10H2,(H2,14,15). The van der Waals surface area contributed by atoms with E-state index in [1.165, 1.54) is 0 Å². The Morgan fingerprint density at radius 1 is 1.30 bits per heavy atom. The van der Waals surface area contributed by atoms with Crippen LogP contribution in [0.3, 0.4) is 0 Å². The van der Waals surface area contributed by atoms with Gasteiger partial charge in [0.2, 0.25) is 10.0 Å². The summed E-state index contributed by atoms with van der Waals surface area (Å²) >= 11 is 0. The largest absolute Gasteiger partial charge is 0.409 e. The number of benzene rings is 1. The summed E-state index contributed by atoms with van der Waals surface area (Å²) in [4.78, 5) is 0. The van der Waals surface area contributed by atoms with Gasteiger partial charge in [0.25, 0.3) is 0 Å². The second kappa shape index (κ2) is 5.80. The molecule has 1 aliphatic carbocycles. The molecule has 0 aliphatic heterocycles. The van der Waals surface area contributed by atoms with Crippen molar-refractivity contribution in [2.75, 3.05) is 0 Å². The van der Waals surface area contributed by atoms with E-state index < -0.39 is 15.6 Å². The fourth-order valence-corrected chi connectivity index (χ4v) is 4.22. The predicted molar refractivity (Wildman–Crippen MR) is 76.8 cm³/mol. The molecule has 6 nitrogen and oxygen atoms in total. The number of oxime groups is 1. The Morgan fingerprint density at radius 2 is 1.90 bits per heavy atom. The molecule has 4 N–H and O–H groups in total. The number of nitrogens with one attached hydrogen (secondary N) is 1. The molecule has 0 saturated heterocycles. The minimum absolute atomic E-state index is 0.0633. The SMILES string of the molecule is N/C(=N/O)C1(NS(=O)(=O)Cc2ccccc2)CCCC1. The third-order valence-electron chi connectivity index (χ3n) is 3.61. The van der Waals surface area contributed by atoms with Crippen LogP contribution in [-0.2, 0) is 15.8 Å². The van der Waals surface area contributed by atoms with Gasteiger partial charge in [-0.15, -0.1) is 0 Å². The van der Waals surface area contributed by atoms with Crippen LogP contribution in [0.25, 0.3) is 0 Å². The van der Waals surface area contributed by atoms with Crippen molar-refractivity contribution in [2.24, 2.45) is 10.9 Å². The molecule has 1 saturated carbocycles. The van der Waals surface area contributed by atoms with Crippen LogP contribution in [-0.4, -0.2) is 25.0 Å². The molecule has 110 valence electrons. The Hall–Kier alpha value is -1.60. The van der Waals surface area contributed by atoms with Crippen molar-refractivity contribution in [3.63, 3.8) is 0 Å². The van der Waals surface area contributed by atoms with E-state index in [1.54, 1.807) is 24.3 Å². The highest BCUT2D eigenvalue weighted by molar-refractivity contribution is 7.88. The van der Waals surface area contributed by atoms with Crippen molar-refractivity contribution in [2.45, 2.75) is 37.0 Å². The first-order chi connectivity index (χ1) is 9.47. The number of rotatable bonds is 5. The lowest BCUT2D eigenvalue weighted by atomic mass is 9.98. The molecule has 0 atom stereocenters. The van der Waals surface area contributed by atoms with Gasteiger partial charge in [-0.05, 0) is 18.4 Å². The second-order valence-corrected chi connectivity index (χ2v) is 6.84. The first-order valence-corrected chi connectivity index (χ1v) is 8.16. The molecule has 0 amide bonds. The van der Waals surface area contributed by atoms with E-state index in [2.05, 4.69) is 9.88 Å². The van der Waals surface area contributed by atoms with Crippen LogP contribution in [0.2, 0.25) is 0 Å². The third-order valence-corrected chi connectivity index (χ3v) is 5.02. The van der Waals surface area contributed by atoms with Crippen LogP contribution in [0.5, 0.6) is 0 Å². The average Bonchev–Trinajstić information content (AvgIpc) is 2.87. The van der Waals surface area contributed by atoms with E-state index in [9.17, 15) is 8.42 Å². The molecule has 0 radical (unpaired) electrons. The highest BCUT2D eigenvalue weighted by Crippen LogP contribution is 2.31. The maximum atomic E-state index is 12.3. The van der Waals surface area contributed by atoms with Crippen molar-refractivity contribution < 1.29 is 13.6 Å². The number of sulfonamides is 1. The third kappa shape index (κ3) is 3.29. The van der Waals surface area contributed by atoms with Crippen LogP contribution in [0.15, 0.2) is 35.5 Å². The molecule has 0 heterocycles. The Morgan fingerprint density at radius 3 is 2.45 bits per heavy atom. The van der Waals surface area contributed by atoms with E-state index in [0.29, 0.717) is 18.4 Å². The van der Waals surface area contributed by atoms with Gasteiger partial charge in [0.1, 0.15) is 0 Å². The molecule has 0 aromatic heterocycles. The summed E-state index contributed by atoms with van der Waals surface area (Å²) in [5.41, 5.74) is 5.45. The zero-order valence-electron chi connectivity index (χ0n) is 11.1. The summed E-state index contributed by atoms with van der Waals surface area (Å²) in [6, 6.07) is 8.92. The summed E-state index contributed by atoms with van der Waals surface area (Å²) in [5, 5.41) is 11.9. The lowest BCUT2D eigenvalue weighted by Crippen LogP contribution is -2.55. The summed E-state index contributed by atoms with van der Waals surface area (Å²) in [6.07, 6.45) is 2.81. The number of hydrogen-bond acceptors (Lipinski definition) is 4. The monoisotopic (exact) mass is 297 g/mol. The van der Waals surface area contributed by atoms with Gasteiger partial charge in [-0.3, -0.25) is 0 Å². The fraction of sp³-hybridized carbons (Fsp3) is 0.462. The molecule has 20 heavy (non-hydrogen) atoms. The van der Waals surface area contributed by atoms with E-state index in [1.807, 2.05) is 6.07 Å². The first kappa shape index (κ1) is 14.8. The van der Waals surface area contributed by atoms with Gasteiger partial charge in [0.05, 0.1) is 11.3 Å². The van der Waals surface area contributed by atoms with Crippen LogP contribution in [0, 0.1) is 0 Å². The maximum Gasteiger partial charge on any atom is 0.216 e. The lowest BCUT2D eigenvalue weighted by Gasteiger charge is -2.28. The van der Waals surface area contributed by atoms with Crippen molar-refractivity contribution in [3.05, 3.63) is 35.9 Å². The van der Waals surface area contributed by atoms with Crippen LogP contribution in [0.1, 0.15) is 31.2 Å². The molecular weight excluding hydrogens is 278 g/mol. The molecule has 0 bridgehead atoms. The molecule has 1 aromatic rings. The lowest BCUT2D eigenvalue weighted by molar-refractivity contribution is 0.309. The van der Waals surface area contributed by atoms with Gasteiger partial charge >= 0.3 is 0 Å². The van der Waals surface area contributed by atoms with Gasteiger partial charge in [0.15, 0.2) is 5.84 Å². The van der Waals surface area contributed by atoms with Crippen molar-refractivity contribution in [3.8, 4) is 0 Å². The summed E-state index contributed by atoms with van der Waals surface area (Å²) in [6.45, 7) is 0. The Kier molecular flexibility index (Phi) is 4.29. The van der Waals surface area contributed by atoms with Crippen molar-refractivity contribution in [1.29, 1.82) is 0 Å². The Balaban J connectivity index is 2.18.